The molecule has 3 N–H and O–H groups in total. The highest BCUT2D eigenvalue weighted by molar-refractivity contribution is 9.10. The van der Waals surface area contributed by atoms with Gasteiger partial charge in [0.25, 0.3) is 0 Å². The fourth-order valence-corrected chi connectivity index (χ4v) is 1.80. The first-order valence-corrected chi connectivity index (χ1v) is 6.94. The second-order valence-electron chi connectivity index (χ2n) is 4.36. The second-order valence-corrected chi connectivity index (χ2v) is 5.28. The number of nitrogens with one attached hydrogen (secondary N) is 1. The van der Waals surface area contributed by atoms with Crippen LogP contribution < -0.4 is 15.8 Å². The molecule has 2 rings (SSSR count). The highest BCUT2D eigenvalue weighted by Gasteiger charge is 2.08. The van der Waals surface area contributed by atoms with Gasteiger partial charge in [0.2, 0.25) is 5.91 Å². The second kappa shape index (κ2) is 6.54. The van der Waals surface area contributed by atoms with Gasteiger partial charge in [0.15, 0.2) is 0 Å². The zero-order valence-corrected chi connectivity index (χ0v) is 12.6. The molecule has 0 fully saturated rings. The average Bonchev–Trinajstić information content (AvgIpc) is 2.42. The number of hydrogen-bond donors (Lipinski definition) is 2. The topological polar surface area (TPSA) is 64.4 Å². The Kier molecular flexibility index (Phi) is 4.76. The third-order valence-electron chi connectivity index (χ3n) is 2.56. The zero-order valence-electron chi connectivity index (χ0n) is 11.0. The molecule has 4 nitrogen and oxygen atoms in total. The molecule has 0 aliphatic heterocycles. The highest BCUT2D eigenvalue weighted by atomic mass is 79.9. The van der Waals surface area contributed by atoms with E-state index in [0.29, 0.717) is 11.4 Å². The molecule has 1 amide bonds. The van der Waals surface area contributed by atoms with Crippen molar-refractivity contribution in [3.05, 3.63) is 53.0 Å². The van der Waals surface area contributed by atoms with E-state index in [1.165, 1.54) is 0 Å². The van der Waals surface area contributed by atoms with E-state index < -0.39 is 6.04 Å². The summed E-state index contributed by atoms with van der Waals surface area (Å²) in [6.45, 7) is 1.64. The van der Waals surface area contributed by atoms with Crippen LogP contribution in [0.25, 0.3) is 0 Å². The van der Waals surface area contributed by atoms with E-state index >= 15 is 0 Å². The van der Waals surface area contributed by atoms with Crippen molar-refractivity contribution in [2.45, 2.75) is 13.0 Å². The van der Waals surface area contributed by atoms with Crippen LogP contribution in [-0.2, 0) is 4.79 Å². The first-order chi connectivity index (χ1) is 9.54. The molecular formula is C15H15BrN2O2. The smallest absolute Gasteiger partial charge is 0.241 e. The predicted octanol–water partition coefficient (Wildman–Crippen LogP) is 3.53. The average molecular weight is 335 g/mol. The number of nitrogens with two attached hydrogens (primary N) is 1. The van der Waals surface area contributed by atoms with Crippen molar-refractivity contribution in [3.8, 4) is 11.5 Å². The molecule has 0 aliphatic rings. The summed E-state index contributed by atoms with van der Waals surface area (Å²) in [5, 5.41) is 2.73. The Morgan fingerprint density at radius 2 is 1.90 bits per heavy atom. The monoisotopic (exact) mass is 334 g/mol. The Morgan fingerprint density at radius 3 is 2.55 bits per heavy atom. The van der Waals surface area contributed by atoms with Crippen molar-refractivity contribution in [2.75, 3.05) is 5.32 Å². The lowest BCUT2D eigenvalue weighted by Gasteiger charge is -2.10. The summed E-state index contributed by atoms with van der Waals surface area (Å²) in [5.41, 5.74) is 6.17. The molecule has 0 radical (unpaired) electrons. The summed E-state index contributed by atoms with van der Waals surface area (Å²) in [4.78, 5) is 11.5. The Labute approximate surface area is 126 Å². The summed E-state index contributed by atoms with van der Waals surface area (Å²) in [7, 11) is 0. The predicted molar refractivity (Wildman–Crippen MR) is 82.9 cm³/mol. The highest BCUT2D eigenvalue weighted by Crippen LogP contribution is 2.25. The van der Waals surface area contributed by atoms with E-state index in [1.54, 1.807) is 19.1 Å². The van der Waals surface area contributed by atoms with Crippen molar-refractivity contribution in [3.63, 3.8) is 0 Å². The van der Waals surface area contributed by atoms with E-state index in [1.807, 2.05) is 36.4 Å². The van der Waals surface area contributed by atoms with Crippen LogP contribution >= 0.6 is 15.9 Å². The quantitative estimate of drug-likeness (QED) is 0.898. The number of anilines is 1. The fourth-order valence-electron chi connectivity index (χ4n) is 1.53. The van der Waals surface area contributed by atoms with Crippen LogP contribution in [0.4, 0.5) is 5.69 Å². The maximum atomic E-state index is 11.5. The standard InChI is InChI=1S/C15H15BrN2O2/c1-10(17)15(19)18-12-3-2-4-14(9-12)20-13-7-5-11(16)6-8-13/h2-10H,17H2,1H3,(H,18,19). The molecule has 2 aromatic carbocycles. The number of hydrogen-bond acceptors (Lipinski definition) is 3. The van der Waals surface area contributed by atoms with E-state index in [0.717, 1.165) is 10.2 Å². The molecule has 0 aliphatic carbocycles. The van der Waals surface area contributed by atoms with Crippen molar-refractivity contribution < 1.29 is 9.53 Å². The largest absolute Gasteiger partial charge is 0.457 e. The Bertz CT molecular complexity index is 597. The van der Waals surface area contributed by atoms with Crippen LogP contribution in [0.15, 0.2) is 53.0 Å². The normalized spacial score (nSPS) is 11.8. The minimum absolute atomic E-state index is 0.231. The van der Waals surface area contributed by atoms with Gasteiger partial charge in [0.05, 0.1) is 6.04 Å². The molecular weight excluding hydrogens is 320 g/mol. The van der Waals surface area contributed by atoms with Gasteiger partial charge in [-0.25, -0.2) is 0 Å². The molecule has 104 valence electrons. The number of carbonyl (C=O) groups is 1. The van der Waals surface area contributed by atoms with Gasteiger partial charge < -0.3 is 15.8 Å². The summed E-state index contributed by atoms with van der Waals surface area (Å²) < 4.78 is 6.70. The molecule has 1 atom stereocenters. The molecule has 0 saturated heterocycles. The van der Waals surface area contributed by atoms with Gasteiger partial charge >= 0.3 is 0 Å². The maximum Gasteiger partial charge on any atom is 0.241 e. The fraction of sp³-hybridized carbons (Fsp3) is 0.133. The molecule has 5 heteroatoms. The number of amides is 1. The van der Waals surface area contributed by atoms with Crippen LogP contribution in [0.2, 0.25) is 0 Å². The molecule has 0 spiro atoms. The maximum absolute atomic E-state index is 11.5. The van der Waals surface area contributed by atoms with Crippen LogP contribution in [0.3, 0.4) is 0 Å². The van der Waals surface area contributed by atoms with Crippen molar-refractivity contribution in [1.82, 2.24) is 0 Å². The SMILES string of the molecule is CC(N)C(=O)Nc1cccc(Oc2ccc(Br)cc2)c1. The number of benzene rings is 2. The Hall–Kier alpha value is -1.85. The number of halogens is 1. The molecule has 2 aromatic rings. The van der Waals surface area contributed by atoms with Gasteiger partial charge in [0, 0.05) is 16.2 Å². The van der Waals surface area contributed by atoms with Crippen LogP contribution in [0.1, 0.15) is 6.92 Å². The Balaban J connectivity index is 2.09. The first-order valence-electron chi connectivity index (χ1n) is 6.14. The summed E-state index contributed by atoms with van der Waals surface area (Å²) in [6.07, 6.45) is 0. The zero-order chi connectivity index (χ0) is 14.5. The summed E-state index contributed by atoms with van der Waals surface area (Å²) in [5.74, 6) is 1.14. The number of ether oxygens (including phenoxy) is 1. The molecule has 0 saturated carbocycles. The van der Waals surface area contributed by atoms with Crippen LogP contribution in [-0.4, -0.2) is 11.9 Å². The first kappa shape index (κ1) is 14.6. The van der Waals surface area contributed by atoms with Crippen LogP contribution in [0, 0.1) is 0 Å². The molecule has 20 heavy (non-hydrogen) atoms. The lowest BCUT2D eigenvalue weighted by Crippen LogP contribution is -2.32. The van der Waals surface area contributed by atoms with Crippen molar-refractivity contribution in [2.24, 2.45) is 5.73 Å². The van der Waals surface area contributed by atoms with Gasteiger partial charge in [-0.05, 0) is 43.3 Å². The van der Waals surface area contributed by atoms with Gasteiger partial charge in [-0.2, -0.15) is 0 Å². The Morgan fingerprint density at radius 1 is 1.20 bits per heavy atom. The van der Waals surface area contributed by atoms with Gasteiger partial charge in [-0.3, -0.25) is 4.79 Å². The third kappa shape index (κ3) is 4.08. The van der Waals surface area contributed by atoms with E-state index in [-0.39, 0.29) is 5.91 Å². The summed E-state index contributed by atoms with van der Waals surface area (Å²) >= 11 is 3.37. The minimum atomic E-state index is -0.550. The third-order valence-corrected chi connectivity index (χ3v) is 3.09. The van der Waals surface area contributed by atoms with E-state index in [9.17, 15) is 4.79 Å². The van der Waals surface area contributed by atoms with E-state index in [4.69, 9.17) is 10.5 Å². The van der Waals surface area contributed by atoms with Gasteiger partial charge in [-0.1, -0.05) is 22.0 Å². The molecule has 0 aromatic heterocycles. The van der Waals surface area contributed by atoms with Crippen LogP contribution in [0.5, 0.6) is 11.5 Å². The lowest BCUT2D eigenvalue weighted by molar-refractivity contribution is -0.117. The molecule has 0 bridgehead atoms. The molecule has 1 unspecified atom stereocenters. The van der Waals surface area contributed by atoms with Gasteiger partial charge in [0.1, 0.15) is 11.5 Å². The summed E-state index contributed by atoms with van der Waals surface area (Å²) in [6, 6.07) is 14.1. The number of rotatable bonds is 4. The van der Waals surface area contributed by atoms with E-state index in [2.05, 4.69) is 21.2 Å². The van der Waals surface area contributed by atoms with Crippen molar-refractivity contribution >= 4 is 27.5 Å². The molecule has 0 heterocycles. The van der Waals surface area contributed by atoms with Gasteiger partial charge in [-0.15, -0.1) is 0 Å². The number of carbonyl (C=O) groups excluding carboxylic acids is 1. The van der Waals surface area contributed by atoms with Crippen molar-refractivity contribution in [1.29, 1.82) is 0 Å². The minimum Gasteiger partial charge on any atom is -0.457 e. The lowest BCUT2D eigenvalue weighted by atomic mass is 10.2.